The molecule has 0 saturated heterocycles. The van der Waals surface area contributed by atoms with E-state index < -0.39 is 0 Å². The van der Waals surface area contributed by atoms with Crippen LogP contribution in [0.3, 0.4) is 0 Å². The second-order valence-electron chi connectivity index (χ2n) is 10.5. The van der Waals surface area contributed by atoms with Crippen molar-refractivity contribution in [2.75, 3.05) is 132 Å². The highest BCUT2D eigenvalue weighted by atomic mass is 16.6. The number of carbonyl (C=O) groups is 2. The van der Waals surface area contributed by atoms with Crippen LogP contribution in [0, 0.1) is 5.92 Å². The third-order valence-electron chi connectivity index (χ3n) is 6.69. The summed E-state index contributed by atoms with van der Waals surface area (Å²) in [5.74, 6) is 0.572. The third-order valence-corrected chi connectivity index (χ3v) is 6.69. The lowest BCUT2D eigenvalue weighted by molar-refractivity contribution is -0.150. The van der Waals surface area contributed by atoms with Gasteiger partial charge in [0, 0.05) is 5.56 Å². The Hall–Kier alpha value is -2.20. The number of hydrogen-bond donors (Lipinski definition) is 0. The van der Waals surface area contributed by atoms with Gasteiger partial charge in [0.1, 0.15) is 25.2 Å². The summed E-state index contributed by atoms with van der Waals surface area (Å²) in [5, 5.41) is 0. The van der Waals surface area contributed by atoms with Gasteiger partial charge in [0.15, 0.2) is 0 Å². The summed E-state index contributed by atoms with van der Waals surface area (Å²) in [7, 11) is 0. The minimum atomic E-state index is -0.123. The molecule has 1 unspecified atom stereocenters. The van der Waals surface area contributed by atoms with E-state index in [0.717, 1.165) is 32.0 Å². The molecule has 0 aliphatic heterocycles. The Bertz CT molecular complexity index is 840. The van der Waals surface area contributed by atoms with E-state index in [1.807, 2.05) is 6.92 Å². The second kappa shape index (κ2) is 34.7. The van der Waals surface area contributed by atoms with E-state index in [1.54, 1.807) is 24.3 Å². The topological polar surface area (TPSA) is 136 Å². The van der Waals surface area contributed by atoms with Gasteiger partial charge in [-0.2, -0.15) is 0 Å². The monoisotopic (exact) mass is 688 g/mol. The maximum Gasteiger partial charge on any atom is 0.308 e. The van der Waals surface area contributed by atoms with Crippen molar-refractivity contribution in [1.29, 1.82) is 0 Å². The maximum atomic E-state index is 12.0. The van der Waals surface area contributed by atoms with Gasteiger partial charge in [0.05, 0.1) is 125 Å². The van der Waals surface area contributed by atoms with Crippen LogP contribution >= 0.6 is 0 Å². The summed E-state index contributed by atoms with van der Waals surface area (Å²) in [5.41, 5.74) is 0.616. The van der Waals surface area contributed by atoms with Crippen molar-refractivity contribution >= 4 is 12.3 Å². The lowest BCUT2D eigenvalue weighted by Crippen LogP contribution is -2.20. The van der Waals surface area contributed by atoms with Gasteiger partial charge in [0.25, 0.3) is 0 Å². The minimum Gasteiger partial charge on any atom is -0.491 e. The molecule has 0 aromatic heterocycles. The van der Waals surface area contributed by atoms with E-state index >= 15 is 0 Å². The number of unbranched alkanes of at least 4 members (excludes halogenated alkanes) is 1. The summed E-state index contributed by atoms with van der Waals surface area (Å²) in [6, 6.07) is 6.93. The van der Waals surface area contributed by atoms with Gasteiger partial charge in [0.2, 0.25) is 0 Å². The SMILES string of the molecule is CCCCC(CC)C(=O)OCCOCCOCCOCCOCCOCCOCCOCCOCCOCCOc1ccc(C=O)cc1. The van der Waals surface area contributed by atoms with Crippen LogP contribution in [0.2, 0.25) is 0 Å². The van der Waals surface area contributed by atoms with Crippen molar-refractivity contribution in [3.05, 3.63) is 29.8 Å². The molecule has 0 spiro atoms. The number of esters is 1. The number of benzene rings is 1. The normalized spacial score (nSPS) is 11.9. The second-order valence-corrected chi connectivity index (χ2v) is 10.5. The molecule has 1 aromatic rings. The van der Waals surface area contributed by atoms with E-state index in [-0.39, 0.29) is 18.5 Å². The van der Waals surface area contributed by atoms with E-state index in [0.29, 0.717) is 137 Å². The Morgan fingerprint density at radius 1 is 0.542 bits per heavy atom. The van der Waals surface area contributed by atoms with Gasteiger partial charge < -0.3 is 52.1 Å². The largest absolute Gasteiger partial charge is 0.491 e. The van der Waals surface area contributed by atoms with E-state index in [9.17, 15) is 9.59 Å². The van der Waals surface area contributed by atoms with Crippen LogP contribution in [-0.2, 0) is 52.2 Å². The molecule has 13 heteroatoms. The Kier molecular flexibility index (Phi) is 31.6. The first-order valence-electron chi connectivity index (χ1n) is 17.3. The Balaban J connectivity index is 1.68. The minimum absolute atomic E-state index is 0.00655. The molecule has 0 aliphatic carbocycles. The molecule has 278 valence electrons. The number of carbonyl (C=O) groups excluding carboxylic acids is 2. The molecule has 0 aliphatic rings. The van der Waals surface area contributed by atoms with Crippen LogP contribution in [0.5, 0.6) is 5.75 Å². The fraction of sp³-hybridized carbons (Fsp3) is 0.771. The molecule has 1 rings (SSSR count). The van der Waals surface area contributed by atoms with Crippen molar-refractivity contribution in [2.45, 2.75) is 39.5 Å². The van der Waals surface area contributed by atoms with Crippen LogP contribution in [0.15, 0.2) is 24.3 Å². The highest BCUT2D eigenvalue weighted by Crippen LogP contribution is 2.14. The molecule has 0 saturated carbocycles. The van der Waals surface area contributed by atoms with Crippen LogP contribution in [-0.4, -0.2) is 144 Å². The molecular weight excluding hydrogens is 628 g/mol. The van der Waals surface area contributed by atoms with Gasteiger partial charge in [-0.15, -0.1) is 0 Å². The molecule has 1 aromatic carbocycles. The number of rotatable bonds is 37. The molecule has 13 nitrogen and oxygen atoms in total. The summed E-state index contributed by atoms with van der Waals surface area (Å²) in [6.07, 6.45) is 4.62. The predicted molar refractivity (Wildman–Crippen MR) is 179 cm³/mol. The fourth-order valence-corrected chi connectivity index (χ4v) is 3.98. The van der Waals surface area contributed by atoms with Gasteiger partial charge >= 0.3 is 5.97 Å². The summed E-state index contributed by atoms with van der Waals surface area (Å²) < 4.78 is 60.1. The molecule has 0 fully saturated rings. The standard InChI is InChI=1S/C35H60O13/c1-3-5-6-33(4-2)35(37)48-30-28-46-26-24-44-22-20-42-18-16-40-14-12-38-11-13-39-15-17-41-19-21-43-23-25-45-27-29-47-34-9-7-32(31-36)8-10-34/h7-10,31,33H,3-6,11-30H2,1-2H3. The molecule has 0 radical (unpaired) electrons. The molecule has 0 amide bonds. The van der Waals surface area contributed by atoms with E-state index in [2.05, 4.69) is 6.92 Å². The highest BCUT2D eigenvalue weighted by molar-refractivity contribution is 5.74. The van der Waals surface area contributed by atoms with Crippen LogP contribution in [0.1, 0.15) is 49.9 Å². The van der Waals surface area contributed by atoms with Gasteiger partial charge in [-0.05, 0) is 37.1 Å². The van der Waals surface area contributed by atoms with Crippen molar-refractivity contribution in [2.24, 2.45) is 5.92 Å². The molecule has 0 bridgehead atoms. The van der Waals surface area contributed by atoms with E-state index in [1.165, 1.54) is 0 Å². The third kappa shape index (κ3) is 27.7. The van der Waals surface area contributed by atoms with Gasteiger partial charge in [-0.25, -0.2) is 0 Å². The first-order chi connectivity index (χ1) is 23.7. The Labute approximate surface area is 287 Å². The predicted octanol–water partition coefficient (Wildman–Crippen LogP) is 3.79. The number of ether oxygens (including phenoxy) is 11. The van der Waals surface area contributed by atoms with Crippen LogP contribution < -0.4 is 4.74 Å². The van der Waals surface area contributed by atoms with Gasteiger partial charge in [-0.1, -0.05) is 26.7 Å². The average Bonchev–Trinajstić information content (AvgIpc) is 3.11. The van der Waals surface area contributed by atoms with Crippen molar-refractivity contribution < 1.29 is 61.7 Å². The van der Waals surface area contributed by atoms with Crippen LogP contribution in [0.25, 0.3) is 0 Å². The molecule has 0 N–H and O–H groups in total. The highest BCUT2D eigenvalue weighted by Gasteiger charge is 2.16. The van der Waals surface area contributed by atoms with Crippen molar-refractivity contribution in [3.63, 3.8) is 0 Å². The fourth-order valence-electron chi connectivity index (χ4n) is 3.98. The molecule has 0 heterocycles. The van der Waals surface area contributed by atoms with E-state index in [4.69, 9.17) is 52.1 Å². The zero-order valence-electron chi connectivity index (χ0n) is 29.2. The summed E-state index contributed by atoms with van der Waals surface area (Å²) >= 11 is 0. The quantitative estimate of drug-likeness (QED) is 0.0571. The number of aldehydes is 1. The molecule has 1 atom stereocenters. The zero-order chi connectivity index (χ0) is 34.6. The Morgan fingerprint density at radius 2 is 0.896 bits per heavy atom. The lowest BCUT2D eigenvalue weighted by Gasteiger charge is -2.13. The first kappa shape index (κ1) is 43.8. The average molecular weight is 689 g/mol. The zero-order valence-corrected chi connectivity index (χ0v) is 29.2. The molecule has 48 heavy (non-hydrogen) atoms. The first-order valence-corrected chi connectivity index (χ1v) is 17.3. The van der Waals surface area contributed by atoms with Gasteiger partial charge in [-0.3, -0.25) is 9.59 Å². The molecular formula is C35H60O13. The van der Waals surface area contributed by atoms with Crippen molar-refractivity contribution in [1.82, 2.24) is 0 Å². The smallest absolute Gasteiger partial charge is 0.308 e. The van der Waals surface area contributed by atoms with Crippen molar-refractivity contribution in [3.8, 4) is 5.75 Å². The lowest BCUT2D eigenvalue weighted by atomic mass is 10.00. The summed E-state index contributed by atoms with van der Waals surface area (Å²) in [4.78, 5) is 22.7. The Morgan fingerprint density at radius 3 is 1.23 bits per heavy atom. The number of hydrogen-bond acceptors (Lipinski definition) is 13. The van der Waals surface area contributed by atoms with Crippen LogP contribution in [0.4, 0.5) is 0 Å². The summed E-state index contributed by atoms with van der Waals surface area (Å²) in [6.45, 7) is 13.4. The maximum absolute atomic E-state index is 12.0.